The summed E-state index contributed by atoms with van der Waals surface area (Å²) in [5.74, 6) is 0. The third kappa shape index (κ3) is 2.13. The van der Waals surface area contributed by atoms with Crippen LogP contribution in [-0.2, 0) is 6.54 Å². The van der Waals surface area contributed by atoms with Gasteiger partial charge >= 0.3 is 0 Å². The van der Waals surface area contributed by atoms with Crippen LogP contribution in [0, 0.1) is 0 Å². The minimum absolute atomic E-state index is 0.102. The second-order valence-electron chi connectivity index (χ2n) is 4.07. The lowest BCUT2D eigenvalue weighted by Gasteiger charge is -2.08. The SMILES string of the molecule is O=c1ccn(Cc2cccc(Br)c2)c2ccsc12. The third-order valence-electron chi connectivity index (χ3n) is 2.83. The summed E-state index contributed by atoms with van der Waals surface area (Å²) in [5.41, 5.74) is 2.32. The van der Waals surface area contributed by atoms with E-state index in [0.29, 0.717) is 0 Å². The van der Waals surface area contributed by atoms with Crippen LogP contribution in [0.3, 0.4) is 0 Å². The van der Waals surface area contributed by atoms with Crippen molar-refractivity contribution >= 4 is 37.5 Å². The molecule has 3 aromatic rings. The van der Waals surface area contributed by atoms with E-state index in [2.05, 4.69) is 32.6 Å². The maximum Gasteiger partial charge on any atom is 0.199 e. The van der Waals surface area contributed by atoms with Gasteiger partial charge in [-0.2, -0.15) is 0 Å². The molecule has 4 heteroatoms. The number of fused-ring (bicyclic) bond motifs is 1. The van der Waals surface area contributed by atoms with Crippen molar-refractivity contribution in [3.63, 3.8) is 0 Å². The Morgan fingerprint density at radius 2 is 2.11 bits per heavy atom. The van der Waals surface area contributed by atoms with E-state index in [-0.39, 0.29) is 5.43 Å². The van der Waals surface area contributed by atoms with Gasteiger partial charge in [0.25, 0.3) is 0 Å². The average Bonchev–Trinajstić information content (AvgIpc) is 2.83. The maximum absolute atomic E-state index is 11.7. The Labute approximate surface area is 117 Å². The lowest BCUT2D eigenvalue weighted by Crippen LogP contribution is -2.06. The molecule has 0 atom stereocenters. The number of pyridine rings is 1. The quantitative estimate of drug-likeness (QED) is 0.702. The number of hydrogen-bond acceptors (Lipinski definition) is 2. The molecule has 0 radical (unpaired) electrons. The van der Waals surface area contributed by atoms with E-state index in [4.69, 9.17) is 0 Å². The molecule has 0 bridgehead atoms. The molecule has 2 nitrogen and oxygen atoms in total. The monoisotopic (exact) mass is 319 g/mol. The van der Waals surface area contributed by atoms with Crippen LogP contribution >= 0.6 is 27.3 Å². The van der Waals surface area contributed by atoms with Crippen molar-refractivity contribution in [1.29, 1.82) is 0 Å². The largest absolute Gasteiger partial charge is 0.342 e. The zero-order valence-corrected chi connectivity index (χ0v) is 11.9. The predicted octanol–water partition coefficient (Wildman–Crippen LogP) is 3.87. The molecule has 0 aliphatic heterocycles. The van der Waals surface area contributed by atoms with E-state index in [1.54, 1.807) is 6.07 Å². The second kappa shape index (κ2) is 4.71. The van der Waals surface area contributed by atoms with Crippen LogP contribution in [0.2, 0.25) is 0 Å². The third-order valence-corrected chi connectivity index (χ3v) is 4.24. The van der Waals surface area contributed by atoms with Crippen molar-refractivity contribution in [1.82, 2.24) is 4.57 Å². The Balaban J connectivity index is 2.08. The van der Waals surface area contributed by atoms with Crippen LogP contribution in [0.4, 0.5) is 0 Å². The van der Waals surface area contributed by atoms with E-state index >= 15 is 0 Å². The lowest BCUT2D eigenvalue weighted by molar-refractivity contribution is 0.826. The Morgan fingerprint density at radius 3 is 2.94 bits per heavy atom. The molecule has 0 N–H and O–H groups in total. The molecular formula is C14H10BrNOS. The summed E-state index contributed by atoms with van der Waals surface area (Å²) in [4.78, 5) is 11.7. The molecule has 0 aliphatic rings. The van der Waals surface area contributed by atoms with Crippen LogP contribution in [-0.4, -0.2) is 4.57 Å². The average molecular weight is 320 g/mol. The number of benzene rings is 1. The van der Waals surface area contributed by atoms with Gasteiger partial charge in [-0.1, -0.05) is 28.1 Å². The highest BCUT2D eigenvalue weighted by Gasteiger charge is 2.04. The fourth-order valence-corrected chi connectivity index (χ4v) is 3.27. The number of rotatable bonds is 2. The highest BCUT2D eigenvalue weighted by molar-refractivity contribution is 9.10. The van der Waals surface area contributed by atoms with E-state index in [1.165, 1.54) is 16.9 Å². The maximum atomic E-state index is 11.7. The van der Waals surface area contributed by atoms with Gasteiger partial charge in [0.1, 0.15) is 0 Å². The van der Waals surface area contributed by atoms with Gasteiger partial charge in [0.2, 0.25) is 0 Å². The first-order valence-corrected chi connectivity index (χ1v) is 7.22. The van der Waals surface area contributed by atoms with E-state index in [0.717, 1.165) is 21.2 Å². The van der Waals surface area contributed by atoms with Crippen molar-refractivity contribution in [2.24, 2.45) is 0 Å². The first-order chi connectivity index (χ1) is 8.74. The van der Waals surface area contributed by atoms with Crippen molar-refractivity contribution in [3.05, 3.63) is 68.2 Å². The first kappa shape index (κ1) is 11.7. The topological polar surface area (TPSA) is 22.0 Å². The van der Waals surface area contributed by atoms with E-state index in [9.17, 15) is 4.79 Å². The molecule has 90 valence electrons. The number of hydrogen-bond donors (Lipinski definition) is 0. The summed E-state index contributed by atoms with van der Waals surface area (Å²) >= 11 is 4.97. The van der Waals surface area contributed by atoms with Crippen LogP contribution in [0.5, 0.6) is 0 Å². The van der Waals surface area contributed by atoms with Gasteiger partial charge in [0.05, 0.1) is 10.2 Å². The second-order valence-corrected chi connectivity index (χ2v) is 5.90. The molecule has 0 fully saturated rings. The standard InChI is InChI=1S/C14H10BrNOS/c15-11-3-1-2-10(8-11)9-16-6-4-13(17)14-12(16)5-7-18-14/h1-8H,9H2. The Bertz CT molecular complexity index is 760. The van der Waals surface area contributed by atoms with Gasteiger partial charge in [-0.3, -0.25) is 4.79 Å². The van der Waals surface area contributed by atoms with Crippen molar-refractivity contribution < 1.29 is 0 Å². The summed E-state index contributed by atoms with van der Waals surface area (Å²) in [6, 6.07) is 11.8. The molecule has 18 heavy (non-hydrogen) atoms. The van der Waals surface area contributed by atoms with Gasteiger partial charge in [-0.05, 0) is 29.1 Å². The minimum atomic E-state index is 0.102. The first-order valence-electron chi connectivity index (χ1n) is 5.55. The Kier molecular flexibility index (Phi) is 3.06. The summed E-state index contributed by atoms with van der Waals surface area (Å²) < 4.78 is 4.00. The normalized spacial score (nSPS) is 10.9. The molecule has 2 aromatic heterocycles. The summed E-state index contributed by atoms with van der Waals surface area (Å²) in [6.07, 6.45) is 1.86. The van der Waals surface area contributed by atoms with Crippen LogP contribution in [0.1, 0.15) is 5.56 Å². The van der Waals surface area contributed by atoms with E-state index in [1.807, 2.05) is 29.8 Å². The molecule has 2 heterocycles. The summed E-state index contributed by atoms with van der Waals surface area (Å²) in [6.45, 7) is 0.771. The smallest absolute Gasteiger partial charge is 0.199 e. The molecular weight excluding hydrogens is 310 g/mol. The lowest BCUT2D eigenvalue weighted by atomic mass is 10.2. The van der Waals surface area contributed by atoms with Gasteiger partial charge in [0.15, 0.2) is 5.43 Å². The number of nitrogens with zero attached hydrogens (tertiary/aromatic N) is 1. The fourth-order valence-electron chi connectivity index (χ4n) is 2.00. The van der Waals surface area contributed by atoms with Crippen LogP contribution < -0.4 is 5.43 Å². The molecule has 0 aliphatic carbocycles. The van der Waals surface area contributed by atoms with Gasteiger partial charge in [0, 0.05) is 23.3 Å². The number of thiophene rings is 1. The molecule has 1 aromatic carbocycles. The van der Waals surface area contributed by atoms with Crippen LogP contribution in [0.15, 0.2) is 57.2 Å². The highest BCUT2D eigenvalue weighted by Crippen LogP contribution is 2.19. The fraction of sp³-hybridized carbons (Fsp3) is 0.0714. The molecule has 0 unspecified atom stereocenters. The molecule has 0 saturated heterocycles. The van der Waals surface area contributed by atoms with Gasteiger partial charge in [-0.25, -0.2) is 0 Å². The van der Waals surface area contributed by atoms with Crippen molar-refractivity contribution in [2.45, 2.75) is 6.54 Å². The minimum Gasteiger partial charge on any atom is -0.342 e. The van der Waals surface area contributed by atoms with E-state index < -0.39 is 0 Å². The van der Waals surface area contributed by atoms with Crippen LogP contribution in [0.25, 0.3) is 10.2 Å². The number of aromatic nitrogens is 1. The zero-order chi connectivity index (χ0) is 12.5. The number of halogens is 1. The highest BCUT2D eigenvalue weighted by atomic mass is 79.9. The summed E-state index contributed by atoms with van der Waals surface area (Å²) in [5, 5.41) is 1.96. The predicted molar refractivity (Wildman–Crippen MR) is 79.3 cm³/mol. The molecule has 3 rings (SSSR count). The van der Waals surface area contributed by atoms with Crippen molar-refractivity contribution in [2.75, 3.05) is 0 Å². The van der Waals surface area contributed by atoms with Gasteiger partial charge < -0.3 is 4.57 Å². The molecule has 0 saturated carbocycles. The zero-order valence-electron chi connectivity index (χ0n) is 9.47. The molecule has 0 spiro atoms. The van der Waals surface area contributed by atoms with Gasteiger partial charge in [-0.15, -0.1) is 11.3 Å². The summed E-state index contributed by atoms with van der Waals surface area (Å²) in [7, 11) is 0. The Hall–Kier alpha value is -1.39. The molecule has 0 amide bonds. The Morgan fingerprint density at radius 1 is 1.22 bits per heavy atom. The van der Waals surface area contributed by atoms with Crippen molar-refractivity contribution in [3.8, 4) is 0 Å².